The third-order valence-corrected chi connectivity index (χ3v) is 4.82. The number of methoxy groups -OCH3 is 1. The molecule has 0 unspecified atom stereocenters. The van der Waals surface area contributed by atoms with Crippen molar-refractivity contribution in [3.63, 3.8) is 0 Å². The van der Waals surface area contributed by atoms with Crippen molar-refractivity contribution in [3.8, 4) is 39.6 Å². The number of aromatic amines is 1. The molecule has 0 atom stereocenters. The zero-order valence-electron chi connectivity index (χ0n) is 15.7. The Hall–Kier alpha value is -3.44. The Kier molecular flexibility index (Phi) is 5.40. The van der Waals surface area contributed by atoms with E-state index in [0.29, 0.717) is 28.6 Å². The van der Waals surface area contributed by atoms with Gasteiger partial charge < -0.3 is 14.6 Å². The van der Waals surface area contributed by atoms with Gasteiger partial charge in [0.25, 0.3) is 0 Å². The molecule has 0 saturated carbocycles. The average Bonchev–Trinajstić information content (AvgIpc) is 3.23. The first-order valence-electron chi connectivity index (χ1n) is 9.03. The molecule has 0 aliphatic rings. The Morgan fingerprint density at radius 1 is 0.966 bits per heavy atom. The van der Waals surface area contributed by atoms with E-state index in [1.54, 1.807) is 25.4 Å². The molecule has 0 saturated heterocycles. The quantitative estimate of drug-likeness (QED) is 0.431. The summed E-state index contributed by atoms with van der Waals surface area (Å²) in [7, 11) is 1.63. The topological polar surface area (TPSA) is 67.4 Å². The Labute approximate surface area is 173 Å². The number of rotatable bonds is 6. The second-order valence-corrected chi connectivity index (χ2v) is 6.91. The highest BCUT2D eigenvalue weighted by Crippen LogP contribution is 2.37. The molecule has 2 N–H and O–H groups in total. The van der Waals surface area contributed by atoms with Crippen LogP contribution in [0.3, 0.4) is 0 Å². The number of phenolic OH excluding ortho intramolecular Hbond substituents is 1. The van der Waals surface area contributed by atoms with Gasteiger partial charge in [-0.1, -0.05) is 35.9 Å². The van der Waals surface area contributed by atoms with Crippen LogP contribution in [0.5, 0.6) is 17.2 Å². The summed E-state index contributed by atoms with van der Waals surface area (Å²) in [6.45, 7) is 0.382. The maximum Gasteiger partial charge on any atom is 0.128 e. The summed E-state index contributed by atoms with van der Waals surface area (Å²) >= 11 is 5.90. The number of phenols is 1. The van der Waals surface area contributed by atoms with Crippen LogP contribution < -0.4 is 9.47 Å². The van der Waals surface area contributed by atoms with E-state index in [4.69, 9.17) is 21.1 Å². The van der Waals surface area contributed by atoms with E-state index in [2.05, 4.69) is 10.2 Å². The van der Waals surface area contributed by atoms with Gasteiger partial charge in [-0.25, -0.2) is 0 Å². The lowest BCUT2D eigenvalue weighted by molar-refractivity contribution is 0.304. The van der Waals surface area contributed by atoms with Crippen LogP contribution in [0.1, 0.15) is 5.56 Å². The van der Waals surface area contributed by atoms with E-state index in [-0.39, 0.29) is 5.75 Å². The summed E-state index contributed by atoms with van der Waals surface area (Å²) in [5, 5.41) is 18.5. The maximum atomic E-state index is 10.6. The van der Waals surface area contributed by atoms with Gasteiger partial charge in [0.2, 0.25) is 0 Å². The van der Waals surface area contributed by atoms with Crippen LogP contribution in [0.2, 0.25) is 5.02 Å². The summed E-state index contributed by atoms with van der Waals surface area (Å²) < 4.78 is 11.1. The lowest BCUT2D eigenvalue weighted by Gasteiger charge is -2.10. The number of aromatic hydroxyl groups is 1. The van der Waals surface area contributed by atoms with Crippen molar-refractivity contribution in [2.24, 2.45) is 0 Å². The fourth-order valence-corrected chi connectivity index (χ4v) is 3.18. The zero-order chi connectivity index (χ0) is 20.2. The summed E-state index contributed by atoms with van der Waals surface area (Å²) in [4.78, 5) is 0. The summed E-state index contributed by atoms with van der Waals surface area (Å²) in [5.74, 6) is 1.42. The molecular weight excluding hydrogens is 388 g/mol. The molecule has 29 heavy (non-hydrogen) atoms. The highest BCUT2D eigenvalue weighted by atomic mass is 35.5. The van der Waals surface area contributed by atoms with Crippen molar-refractivity contribution in [3.05, 3.63) is 83.5 Å². The molecule has 0 radical (unpaired) electrons. The van der Waals surface area contributed by atoms with E-state index in [9.17, 15) is 5.11 Å². The SMILES string of the molecule is COc1cccc(-c2c[nH]nc2-c2ccc(OCc3ccc(Cl)cc3)cc2O)c1. The fourth-order valence-electron chi connectivity index (χ4n) is 3.05. The van der Waals surface area contributed by atoms with E-state index < -0.39 is 0 Å². The third kappa shape index (κ3) is 4.20. The van der Waals surface area contributed by atoms with E-state index in [1.807, 2.05) is 54.6 Å². The molecule has 4 rings (SSSR count). The molecule has 6 heteroatoms. The molecule has 146 valence electrons. The first-order valence-corrected chi connectivity index (χ1v) is 9.40. The molecule has 5 nitrogen and oxygen atoms in total. The first-order chi connectivity index (χ1) is 14.1. The number of benzene rings is 3. The number of H-pyrrole nitrogens is 1. The Morgan fingerprint density at radius 3 is 2.55 bits per heavy atom. The monoisotopic (exact) mass is 406 g/mol. The van der Waals surface area contributed by atoms with Gasteiger partial charge in [-0.2, -0.15) is 5.10 Å². The van der Waals surface area contributed by atoms with E-state index in [0.717, 1.165) is 22.4 Å². The number of ether oxygens (including phenoxy) is 2. The molecule has 0 bridgehead atoms. The van der Waals surface area contributed by atoms with Crippen molar-refractivity contribution in [2.45, 2.75) is 6.61 Å². The van der Waals surface area contributed by atoms with Crippen LogP contribution in [-0.4, -0.2) is 22.4 Å². The second kappa shape index (κ2) is 8.29. The number of nitrogens with one attached hydrogen (secondary N) is 1. The standard InChI is InChI=1S/C23H19ClN2O3/c1-28-18-4-2-3-16(11-18)21-13-25-26-23(21)20-10-9-19(12-22(20)27)29-14-15-5-7-17(24)8-6-15/h2-13,27H,14H2,1H3,(H,25,26). The second-order valence-electron chi connectivity index (χ2n) is 6.47. The van der Waals surface area contributed by atoms with E-state index >= 15 is 0 Å². The van der Waals surface area contributed by atoms with E-state index in [1.165, 1.54) is 0 Å². The summed E-state index contributed by atoms with van der Waals surface area (Å²) in [6, 6.07) is 20.3. The van der Waals surface area contributed by atoms with Gasteiger partial charge in [-0.3, -0.25) is 5.10 Å². The third-order valence-electron chi connectivity index (χ3n) is 4.56. The summed E-state index contributed by atoms with van der Waals surface area (Å²) in [5.41, 5.74) is 4.07. The van der Waals surface area contributed by atoms with Crippen LogP contribution in [0, 0.1) is 0 Å². The zero-order valence-corrected chi connectivity index (χ0v) is 16.5. The molecule has 0 amide bonds. The molecule has 0 aliphatic carbocycles. The lowest BCUT2D eigenvalue weighted by atomic mass is 10.0. The van der Waals surface area contributed by atoms with Crippen LogP contribution in [0.25, 0.3) is 22.4 Å². The van der Waals surface area contributed by atoms with Crippen LogP contribution in [0.4, 0.5) is 0 Å². The number of hydrogen-bond acceptors (Lipinski definition) is 4. The van der Waals surface area contributed by atoms with Crippen LogP contribution >= 0.6 is 11.6 Å². The molecule has 0 spiro atoms. The largest absolute Gasteiger partial charge is 0.507 e. The molecule has 0 aliphatic heterocycles. The average molecular weight is 407 g/mol. The van der Waals surface area contributed by atoms with Crippen molar-refractivity contribution in [1.82, 2.24) is 10.2 Å². The molecule has 3 aromatic carbocycles. The first kappa shape index (κ1) is 18.9. The van der Waals surface area contributed by atoms with Gasteiger partial charge in [0.05, 0.1) is 7.11 Å². The minimum absolute atomic E-state index is 0.0925. The van der Waals surface area contributed by atoms with Crippen LogP contribution in [0.15, 0.2) is 72.9 Å². The minimum atomic E-state index is 0.0925. The van der Waals surface area contributed by atoms with Gasteiger partial charge in [0, 0.05) is 28.4 Å². The Morgan fingerprint density at radius 2 is 1.79 bits per heavy atom. The van der Waals surface area contributed by atoms with Gasteiger partial charge in [0.1, 0.15) is 29.5 Å². The molecular formula is C23H19ClN2O3. The predicted molar refractivity (Wildman–Crippen MR) is 113 cm³/mol. The predicted octanol–water partition coefficient (Wildman–Crippen LogP) is 5.69. The molecule has 0 fully saturated rings. The van der Waals surface area contributed by atoms with Gasteiger partial charge in [0.15, 0.2) is 0 Å². The minimum Gasteiger partial charge on any atom is -0.507 e. The normalized spacial score (nSPS) is 10.7. The number of hydrogen-bond donors (Lipinski definition) is 2. The highest BCUT2D eigenvalue weighted by molar-refractivity contribution is 6.30. The highest BCUT2D eigenvalue weighted by Gasteiger charge is 2.15. The lowest BCUT2D eigenvalue weighted by Crippen LogP contribution is -1.95. The van der Waals surface area contributed by atoms with Crippen LogP contribution in [-0.2, 0) is 6.61 Å². The van der Waals surface area contributed by atoms with Gasteiger partial charge in [-0.05, 0) is 47.5 Å². The van der Waals surface area contributed by atoms with Gasteiger partial charge in [-0.15, -0.1) is 0 Å². The van der Waals surface area contributed by atoms with Gasteiger partial charge >= 0.3 is 0 Å². The van der Waals surface area contributed by atoms with Crippen molar-refractivity contribution >= 4 is 11.6 Å². The van der Waals surface area contributed by atoms with Crippen molar-refractivity contribution in [2.75, 3.05) is 7.11 Å². The molecule has 1 aromatic heterocycles. The molecule has 1 heterocycles. The smallest absolute Gasteiger partial charge is 0.128 e. The Balaban J connectivity index is 1.57. The van der Waals surface area contributed by atoms with Crippen molar-refractivity contribution < 1.29 is 14.6 Å². The Bertz CT molecular complexity index is 1120. The number of nitrogens with zero attached hydrogens (tertiary/aromatic N) is 1. The molecule has 4 aromatic rings. The number of halogens is 1. The van der Waals surface area contributed by atoms with Crippen molar-refractivity contribution in [1.29, 1.82) is 0 Å². The summed E-state index contributed by atoms with van der Waals surface area (Å²) in [6.07, 6.45) is 1.80. The number of aromatic nitrogens is 2. The maximum absolute atomic E-state index is 10.6. The fraction of sp³-hybridized carbons (Fsp3) is 0.0870.